The second-order valence-electron chi connectivity index (χ2n) is 4.71. The van der Waals surface area contributed by atoms with Gasteiger partial charge in [0.25, 0.3) is 0 Å². The van der Waals surface area contributed by atoms with Gasteiger partial charge in [-0.25, -0.2) is 9.67 Å². The van der Waals surface area contributed by atoms with E-state index in [1.165, 1.54) is 11.4 Å². The molecule has 5 heteroatoms. The Morgan fingerprint density at radius 3 is 3.11 bits per heavy atom. The minimum atomic E-state index is 0.812. The fourth-order valence-corrected chi connectivity index (χ4v) is 2.52. The van der Waals surface area contributed by atoms with Crippen LogP contribution in [-0.4, -0.2) is 27.9 Å². The molecular weight excluding hydrogens is 238 g/mol. The normalized spacial score (nSPS) is 14.7. The molecule has 0 unspecified atom stereocenters. The number of anilines is 2. The fraction of sp³-hybridized carbons (Fsp3) is 0.429. The van der Waals surface area contributed by atoms with Gasteiger partial charge in [0.15, 0.2) is 0 Å². The van der Waals surface area contributed by atoms with Crippen molar-refractivity contribution in [2.24, 2.45) is 0 Å². The van der Waals surface area contributed by atoms with E-state index in [1.807, 2.05) is 4.68 Å². The van der Waals surface area contributed by atoms with Gasteiger partial charge in [-0.3, -0.25) is 0 Å². The zero-order valence-corrected chi connectivity index (χ0v) is 11.2. The molecule has 2 heterocycles. The first-order valence-electron chi connectivity index (χ1n) is 6.83. The van der Waals surface area contributed by atoms with E-state index in [4.69, 9.17) is 0 Å². The van der Waals surface area contributed by atoms with Crippen LogP contribution in [0.15, 0.2) is 30.6 Å². The van der Waals surface area contributed by atoms with Crippen LogP contribution < -0.4 is 10.2 Å². The summed E-state index contributed by atoms with van der Waals surface area (Å²) >= 11 is 0. The number of fused-ring (bicyclic) bond motifs is 1. The van der Waals surface area contributed by atoms with Gasteiger partial charge in [-0.05, 0) is 25.5 Å². The predicted octanol–water partition coefficient (Wildman–Crippen LogP) is 2.12. The smallest absolute Gasteiger partial charge is 0.146 e. The molecule has 0 saturated carbocycles. The Hall–Kier alpha value is -2.04. The lowest BCUT2D eigenvalue weighted by Crippen LogP contribution is -2.25. The number of hydrogen-bond acceptors (Lipinski definition) is 4. The Balaban J connectivity index is 1.88. The van der Waals surface area contributed by atoms with Gasteiger partial charge in [-0.15, -0.1) is 0 Å². The van der Waals surface area contributed by atoms with E-state index in [0.29, 0.717) is 0 Å². The third-order valence-corrected chi connectivity index (χ3v) is 3.49. The van der Waals surface area contributed by atoms with Crippen LogP contribution in [-0.2, 0) is 13.1 Å². The molecule has 1 aliphatic rings. The zero-order chi connectivity index (χ0) is 13.1. The zero-order valence-electron chi connectivity index (χ0n) is 11.2. The third-order valence-electron chi connectivity index (χ3n) is 3.49. The van der Waals surface area contributed by atoms with Crippen molar-refractivity contribution in [1.29, 1.82) is 0 Å². The predicted molar refractivity (Wildman–Crippen MR) is 76.3 cm³/mol. The van der Waals surface area contributed by atoms with Gasteiger partial charge in [-0.2, -0.15) is 5.10 Å². The van der Waals surface area contributed by atoms with E-state index in [0.717, 1.165) is 38.4 Å². The maximum absolute atomic E-state index is 4.37. The maximum atomic E-state index is 4.37. The fourth-order valence-electron chi connectivity index (χ4n) is 2.52. The SMILES string of the molecule is CCn1ncnc1CN1CCCNc2ccccc21. The number of nitrogens with one attached hydrogen (secondary N) is 1. The third kappa shape index (κ3) is 2.41. The molecule has 2 aromatic rings. The van der Waals surface area contributed by atoms with Gasteiger partial charge in [0.1, 0.15) is 12.2 Å². The minimum absolute atomic E-state index is 0.812. The molecule has 1 aromatic heterocycles. The van der Waals surface area contributed by atoms with Gasteiger partial charge < -0.3 is 10.2 Å². The molecule has 0 radical (unpaired) electrons. The van der Waals surface area contributed by atoms with Gasteiger partial charge >= 0.3 is 0 Å². The lowest BCUT2D eigenvalue weighted by molar-refractivity contribution is 0.600. The summed E-state index contributed by atoms with van der Waals surface area (Å²) in [5.41, 5.74) is 2.47. The molecule has 0 spiro atoms. The monoisotopic (exact) mass is 257 g/mol. The first kappa shape index (κ1) is 12.0. The van der Waals surface area contributed by atoms with Crippen molar-refractivity contribution in [3.8, 4) is 0 Å². The molecule has 0 bridgehead atoms. The summed E-state index contributed by atoms with van der Waals surface area (Å²) in [6.45, 7) is 5.83. The van der Waals surface area contributed by atoms with Crippen molar-refractivity contribution < 1.29 is 0 Å². The van der Waals surface area contributed by atoms with E-state index < -0.39 is 0 Å². The number of hydrogen-bond donors (Lipinski definition) is 1. The lowest BCUT2D eigenvalue weighted by atomic mass is 10.2. The molecule has 5 nitrogen and oxygen atoms in total. The van der Waals surface area contributed by atoms with Crippen LogP contribution in [0.5, 0.6) is 0 Å². The largest absolute Gasteiger partial charge is 0.383 e. The molecule has 0 amide bonds. The Labute approximate surface area is 113 Å². The number of aromatic nitrogens is 3. The van der Waals surface area contributed by atoms with Gasteiger partial charge in [0, 0.05) is 19.6 Å². The molecule has 1 aliphatic heterocycles. The minimum Gasteiger partial charge on any atom is -0.383 e. The van der Waals surface area contributed by atoms with Gasteiger partial charge in [0.2, 0.25) is 0 Å². The average Bonchev–Trinajstić information content (AvgIpc) is 2.80. The summed E-state index contributed by atoms with van der Waals surface area (Å²) in [7, 11) is 0. The highest BCUT2D eigenvalue weighted by Gasteiger charge is 2.16. The highest BCUT2D eigenvalue weighted by Crippen LogP contribution is 2.28. The highest BCUT2D eigenvalue weighted by molar-refractivity contribution is 5.70. The Morgan fingerprint density at radius 1 is 1.32 bits per heavy atom. The molecule has 19 heavy (non-hydrogen) atoms. The van der Waals surface area contributed by atoms with Crippen LogP contribution in [0.3, 0.4) is 0 Å². The van der Waals surface area contributed by atoms with Crippen LogP contribution in [0.2, 0.25) is 0 Å². The standard InChI is InChI=1S/C14H19N5/c1-2-19-14(16-11-17-19)10-18-9-5-8-15-12-6-3-4-7-13(12)18/h3-4,6-7,11,15H,2,5,8-10H2,1H3. The topological polar surface area (TPSA) is 46.0 Å². The molecule has 3 rings (SSSR count). The van der Waals surface area contributed by atoms with Crippen LogP contribution in [0, 0.1) is 0 Å². The van der Waals surface area contributed by atoms with E-state index in [1.54, 1.807) is 6.33 Å². The molecule has 0 saturated heterocycles. The van der Waals surface area contributed by atoms with Crippen molar-refractivity contribution in [2.75, 3.05) is 23.3 Å². The molecule has 0 atom stereocenters. The molecular formula is C14H19N5. The first-order valence-corrected chi connectivity index (χ1v) is 6.83. The number of para-hydroxylation sites is 2. The summed E-state index contributed by atoms with van der Waals surface area (Å²) in [4.78, 5) is 6.75. The summed E-state index contributed by atoms with van der Waals surface area (Å²) in [6.07, 6.45) is 2.77. The Morgan fingerprint density at radius 2 is 2.21 bits per heavy atom. The summed E-state index contributed by atoms with van der Waals surface area (Å²) < 4.78 is 1.96. The summed E-state index contributed by atoms with van der Waals surface area (Å²) in [6, 6.07) is 8.46. The Bertz CT molecular complexity index is 548. The highest BCUT2D eigenvalue weighted by atomic mass is 15.3. The molecule has 1 N–H and O–H groups in total. The van der Waals surface area contributed by atoms with E-state index >= 15 is 0 Å². The summed E-state index contributed by atoms with van der Waals surface area (Å²) in [5.74, 6) is 1.03. The average molecular weight is 257 g/mol. The quantitative estimate of drug-likeness (QED) is 0.915. The van der Waals surface area contributed by atoms with Crippen LogP contribution in [0.25, 0.3) is 0 Å². The number of rotatable bonds is 3. The number of nitrogens with zero attached hydrogens (tertiary/aromatic N) is 4. The Kier molecular flexibility index (Phi) is 3.35. The number of benzene rings is 1. The van der Waals surface area contributed by atoms with Crippen molar-refractivity contribution in [2.45, 2.75) is 26.4 Å². The second kappa shape index (κ2) is 5.30. The molecule has 0 aliphatic carbocycles. The van der Waals surface area contributed by atoms with E-state index in [-0.39, 0.29) is 0 Å². The lowest BCUT2D eigenvalue weighted by Gasteiger charge is -2.23. The molecule has 1 aromatic carbocycles. The van der Waals surface area contributed by atoms with E-state index in [2.05, 4.69) is 51.5 Å². The molecule has 100 valence electrons. The van der Waals surface area contributed by atoms with Crippen molar-refractivity contribution in [3.05, 3.63) is 36.4 Å². The van der Waals surface area contributed by atoms with Crippen LogP contribution in [0.1, 0.15) is 19.2 Å². The molecule has 0 fully saturated rings. The van der Waals surface area contributed by atoms with E-state index in [9.17, 15) is 0 Å². The number of aryl methyl sites for hydroxylation is 1. The van der Waals surface area contributed by atoms with Gasteiger partial charge in [-0.1, -0.05) is 12.1 Å². The summed E-state index contributed by atoms with van der Waals surface area (Å²) in [5, 5.41) is 7.72. The van der Waals surface area contributed by atoms with Crippen molar-refractivity contribution in [1.82, 2.24) is 14.8 Å². The van der Waals surface area contributed by atoms with Crippen LogP contribution in [0.4, 0.5) is 11.4 Å². The van der Waals surface area contributed by atoms with Crippen molar-refractivity contribution >= 4 is 11.4 Å². The second-order valence-corrected chi connectivity index (χ2v) is 4.71. The maximum Gasteiger partial charge on any atom is 0.146 e. The first-order chi connectivity index (χ1) is 9.38. The van der Waals surface area contributed by atoms with Crippen LogP contribution >= 0.6 is 0 Å². The van der Waals surface area contributed by atoms with Crippen molar-refractivity contribution in [3.63, 3.8) is 0 Å². The van der Waals surface area contributed by atoms with Gasteiger partial charge in [0.05, 0.1) is 17.9 Å².